The first-order valence-corrected chi connectivity index (χ1v) is 5.83. The topological polar surface area (TPSA) is 66.9 Å². The molecule has 1 rings (SSSR count). The van der Waals surface area contributed by atoms with Crippen LogP contribution < -0.4 is 10.6 Å². The monoisotopic (exact) mass is 286 g/mol. The fourth-order valence-electron chi connectivity index (χ4n) is 1.06. The van der Waals surface area contributed by atoms with Crippen molar-refractivity contribution < 1.29 is 4.79 Å². The summed E-state index contributed by atoms with van der Waals surface area (Å²) in [6, 6.07) is -0.230. The SMILES string of the molecule is CC(C)NC(=O)C(C)Nc1ncc(Br)cn1. The van der Waals surface area contributed by atoms with Gasteiger partial charge in [0.2, 0.25) is 11.9 Å². The summed E-state index contributed by atoms with van der Waals surface area (Å²) in [6.45, 7) is 5.60. The normalized spacial score (nSPS) is 12.3. The summed E-state index contributed by atoms with van der Waals surface area (Å²) in [6.07, 6.45) is 3.25. The lowest BCUT2D eigenvalue weighted by Gasteiger charge is -2.15. The molecule has 1 aromatic rings. The van der Waals surface area contributed by atoms with Gasteiger partial charge in [-0.2, -0.15) is 0 Å². The molecule has 0 saturated carbocycles. The summed E-state index contributed by atoms with van der Waals surface area (Å²) in [5.41, 5.74) is 0. The van der Waals surface area contributed by atoms with E-state index in [4.69, 9.17) is 0 Å². The Labute approximate surface area is 103 Å². The van der Waals surface area contributed by atoms with E-state index in [1.54, 1.807) is 19.3 Å². The molecule has 0 aliphatic rings. The molecule has 1 heterocycles. The Hall–Kier alpha value is -1.17. The number of nitrogens with zero attached hydrogens (tertiary/aromatic N) is 2. The van der Waals surface area contributed by atoms with Crippen LogP contribution in [0.25, 0.3) is 0 Å². The third-order valence-corrected chi connectivity index (χ3v) is 2.20. The van der Waals surface area contributed by atoms with Crippen molar-refractivity contribution in [1.29, 1.82) is 0 Å². The summed E-state index contributed by atoms with van der Waals surface area (Å²) in [4.78, 5) is 19.6. The fourth-order valence-corrected chi connectivity index (χ4v) is 1.26. The zero-order valence-corrected chi connectivity index (χ0v) is 11.1. The highest BCUT2D eigenvalue weighted by Gasteiger charge is 2.13. The van der Waals surface area contributed by atoms with Crippen molar-refractivity contribution in [2.24, 2.45) is 0 Å². The fraction of sp³-hybridized carbons (Fsp3) is 0.500. The molecule has 1 amide bonds. The molecule has 0 fully saturated rings. The zero-order chi connectivity index (χ0) is 12.1. The molecule has 0 saturated heterocycles. The van der Waals surface area contributed by atoms with Gasteiger partial charge in [-0.15, -0.1) is 0 Å². The second-order valence-corrected chi connectivity index (χ2v) is 4.67. The minimum absolute atomic E-state index is 0.0680. The van der Waals surface area contributed by atoms with Crippen molar-refractivity contribution in [2.45, 2.75) is 32.9 Å². The van der Waals surface area contributed by atoms with Crippen LogP contribution in [0.3, 0.4) is 0 Å². The summed E-state index contributed by atoms with van der Waals surface area (Å²) < 4.78 is 0.803. The summed E-state index contributed by atoms with van der Waals surface area (Å²) >= 11 is 3.24. The Morgan fingerprint density at radius 2 is 1.88 bits per heavy atom. The van der Waals surface area contributed by atoms with Crippen LogP contribution in [0.2, 0.25) is 0 Å². The van der Waals surface area contributed by atoms with Gasteiger partial charge < -0.3 is 10.6 Å². The van der Waals surface area contributed by atoms with Crippen molar-refractivity contribution >= 4 is 27.8 Å². The van der Waals surface area contributed by atoms with Gasteiger partial charge in [0, 0.05) is 18.4 Å². The van der Waals surface area contributed by atoms with Crippen LogP contribution in [0.4, 0.5) is 5.95 Å². The molecular weight excluding hydrogens is 272 g/mol. The third-order valence-electron chi connectivity index (χ3n) is 1.79. The van der Waals surface area contributed by atoms with Gasteiger partial charge in [-0.25, -0.2) is 9.97 Å². The van der Waals surface area contributed by atoms with Gasteiger partial charge in [-0.3, -0.25) is 4.79 Å². The maximum absolute atomic E-state index is 11.6. The average Bonchev–Trinajstić information content (AvgIpc) is 2.20. The smallest absolute Gasteiger partial charge is 0.242 e. The van der Waals surface area contributed by atoms with Gasteiger partial charge >= 0.3 is 0 Å². The van der Waals surface area contributed by atoms with E-state index in [2.05, 4.69) is 36.5 Å². The summed E-state index contributed by atoms with van der Waals surface area (Å²) in [5.74, 6) is 0.371. The largest absolute Gasteiger partial charge is 0.352 e. The number of carbonyl (C=O) groups excluding carboxylic acids is 1. The van der Waals surface area contributed by atoms with Crippen molar-refractivity contribution in [3.63, 3.8) is 0 Å². The molecule has 6 heteroatoms. The second-order valence-electron chi connectivity index (χ2n) is 3.75. The number of halogens is 1. The number of aromatic nitrogens is 2. The maximum atomic E-state index is 11.6. The van der Waals surface area contributed by atoms with E-state index < -0.39 is 0 Å². The van der Waals surface area contributed by atoms with Crippen LogP contribution in [0.5, 0.6) is 0 Å². The van der Waals surface area contributed by atoms with E-state index in [-0.39, 0.29) is 18.0 Å². The number of nitrogens with one attached hydrogen (secondary N) is 2. The lowest BCUT2D eigenvalue weighted by Crippen LogP contribution is -2.41. The van der Waals surface area contributed by atoms with E-state index in [0.717, 1.165) is 4.47 Å². The third kappa shape index (κ3) is 4.14. The number of anilines is 1. The van der Waals surface area contributed by atoms with Crippen molar-refractivity contribution in [2.75, 3.05) is 5.32 Å². The van der Waals surface area contributed by atoms with Gasteiger partial charge in [0.05, 0.1) is 4.47 Å². The predicted octanol–water partition coefficient (Wildman–Crippen LogP) is 1.56. The highest BCUT2D eigenvalue weighted by atomic mass is 79.9. The minimum Gasteiger partial charge on any atom is -0.352 e. The van der Waals surface area contributed by atoms with Crippen LogP contribution >= 0.6 is 15.9 Å². The standard InChI is InChI=1S/C10H15BrN4O/c1-6(2)14-9(16)7(3)15-10-12-4-8(11)5-13-10/h4-7H,1-3H3,(H,14,16)(H,12,13,15). The first-order chi connectivity index (χ1) is 7.49. The molecule has 88 valence electrons. The molecule has 0 aliphatic carbocycles. The molecule has 0 aromatic carbocycles. The lowest BCUT2D eigenvalue weighted by molar-refractivity contribution is -0.122. The molecule has 2 N–H and O–H groups in total. The highest BCUT2D eigenvalue weighted by molar-refractivity contribution is 9.10. The van der Waals surface area contributed by atoms with E-state index in [1.165, 1.54) is 0 Å². The van der Waals surface area contributed by atoms with Gasteiger partial charge in [0.25, 0.3) is 0 Å². The summed E-state index contributed by atoms with van der Waals surface area (Å²) in [5, 5.41) is 5.73. The van der Waals surface area contributed by atoms with E-state index in [9.17, 15) is 4.79 Å². The molecule has 0 aliphatic heterocycles. The van der Waals surface area contributed by atoms with Gasteiger partial charge in [0.15, 0.2) is 0 Å². The van der Waals surface area contributed by atoms with Gasteiger partial charge in [-0.1, -0.05) is 0 Å². The number of hydrogen-bond donors (Lipinski definition) is 2. The van der Waals surface area contributed by atoms with Crippen molar-refractivity contribution in [3.05, 3.63) is 16.9 Å². The van der Waals surface area contributed by atoms with Crippen LogP contribution in [0.1, 0.15) is 20.8 Å². The number of amides is 1. The Morgan fingerprint density at radius 1 is 1.31 bits per heavy atom. The number of carbonyl (C=O) groups is 1. The highest BCUT2D eigenvalue weighted by Crippen LogP contribution is 2.07. The van der Waals surface area contributed by atoms with Crippen molar-refractivity contribution in [3.8, 4) is 0 Å². The number of rotatable bonds is 4. The number of hydrogen-bond acceptors (Lipinski definition) is 4. The van der Waals surface area contributed by atoms with E-state index in [0.29, 0.717) is 5.95 Å². The van der Waals surface area contributed by atoms with Gasteiger partial charge in [-0.05, 0) is 36.7 Å². The Kier molecular flexibility index (Phi) is 4.67. The molecule has 1 atom stereocenters. The molecule has 1 aromatic heterocycles. The molecule has 0 radical (unpaired) electrons. The van der Waals surface area contributed by atoms with E-state index in [1.807, 2.05) is 13.8 Å². The van der Waals surface area contributed by atoms with Crippen molar-refractivity contribution in [1.82, 2.24) is 15.3 Å². The molecule has 16 heavy (non-hydrogen) atoms. The quantitative estimate of drug-likeness (QED) is 0.882. The average molecular weight is 287 g/mol. The summed E-state index contributed by atoms with van der Waals surface area (Å²) in [7, 11) is 0. The molecule has 0 bridgehead atoms. The Balaban J connectivity index is 2.53. The predicted molar refractivity (Wildman–Crippen MR) is 66.1 cm³/mol. The Morgan fingerprint density at radius 3 is 2.38 bits per heavy atom. The maximum Gasteiger partial charge on any atom is 0.242 e. The van der Waals surface area contributed by atoms with E-state index >= 15 is 0 Å². The second kappa shape index (κ2) is 5.79. The first kappa shape index (κ1) is 12.9. The molecule has 5 nitrogen and oxygen atoms in total. The van der Waals surface area contributed by atoms with Crippen LogP contribution in [-0.2, 0) is 4.79 Å². The first-order valence-electron chi connectivity index (χ1n) is 5.03. The van der Waals surface area contributed by atoms with Crippen LogP contribution in [-0.4, -0.2) is 28.0 Å². The van der Waals surface area contributed by atoms with Crippen LogP contribution in [0.15, 0.2) is 16.9 Å². The minimum atomic E-state index is -0.358. The van der Waals surface area contributed by atoms with Crippen LogP contribution in [0, 0.1) is 0 Å². The zero-order valence-electron chi connectivity index (χ0n) is 9.49. The molecular formula is C10H15BrN4O. The lowest BCUT2D eigenvalue weighted by atomic mass is 10.3. The van der Waals surface area contributed by atoms with Gasteiger partial charge in [0.1, 0.15) is 6.04 Å². The molecule has 0 spiro atoms. The Bertz CT molecular complexity index is 352. The molecule has 1 unspecified atom stereocenters.